The molecule has 0 aliphatic carbocycles. The van der Waals surface area contributed by atoms with Crippen LogP contribution in [0.2, 0.25) is 0 Å². The van der Waals surface area contributed by atoms with Crippen molar-refractivity contribution in [3.8, 4) is 0 Å². The highest BCUT2D eigenvalue weighted by Crippen LogP contribution is 2.20. The van der Waals surface area contributed by atoms with Crippen LogP contribution in [-0.2, 0) is 6.54 Å². The molecule has 0 radical (unpaired) electrons. The lowest BCUT2D eigenvalue weighted by Gasteiger charge is -2.26. The number of carbonyl (C=O) groups is 1. The van der Waals surface area contributed by atoms with Gasteiger partial charge in [0.2, 0.25) is 0 Å². The third kappa shape index (κ3) is 6.91. The normalized spacial score (nSPS) is 12.8. The van der Waals surface area contributed by atoms with Crippen molar-refractivity contribution in [2.24, 2.45) is 5.41 Å². The minimum Gasteiger partial charge on any atom is -0.393 e. The molecule has 0 fully saturated rings. The molecule has 0 saturated carbocycles. The van der Waals surface area contributed by atoms with Gasteiger partial charge in [-0.15, -0.1) is 0 Å². The maximum Gasteiger partial charge on any atom is 0.315 e. The quantitative estimate of drug-likeness (QED) is 0.743. The summed E-state index contributed by atoms with van der Waals surface area (Å²) in [7, 11) is 0. The largest absolute Gasteiger partial charge is 0.393 e. The molecule has 0 bridgehead atoms. The van der Waals surface area contributed by atoms with Gasteiger partial charge in [-0.25, -0.2) is 4.79 Å². The van der Waals surface area contributed by atoms with Crippen molar-refractivity contribution >= 4 is 22.0 Å². The second kappa shape index (κ2) is 7.64. The third-order valence-electron chi connectivity index (χ3n) is 2.94. The zero-order chi connectivity index (χ0) is 15.2. The van der Waals surface area contributed by atoms with Crippen LogP contribution in [-0.4, -0.2) is 23.8 Å². The van der Waals surface area contributed by atoms with Crippen molar-refractivity contribution in [1.82, 2.24) is 10.6 Å². The smallest absolute Gasteiger partial charge is 0.315 e. The Morgan fingerprint density at radius 1 is 1.30 bits per heavy atom. The summed E-state index contributed by atoms with van der Waals surface area (Å²) < 4.78 is 1.02. The Balaban J connectivity index is 2.32. The minimum atomic E-state index is -0.363. The van der Waals surface area contributed by atoms with E-state index in [9.17, 15) is 9.90 Å². The molecule has 0 aliphatic heterocycles. The molecule has 0 heterocycles. The molecule has 20 heavy (non-hydrogen) atoms. The van der Waals surface area contributed by atoms with Crippen LogP contribution in [0, 0.1) is 5.41 Å². The van der Waals surface area contributed by atoms with Crippen molar-refractivity contribution < 1.29 is 9.90 Å². The van der Waals surface area contributed by atoms with Crippen LogP contribution < -0.4 is 10.6 Å². The average molecular weight is 343 g/mol. The molecule has 5 heteroatoms. The highest BCUT2D eigenvalue weighted by molar-refractivity contribution is 9.10. The summed E-state index contributed by atoms with van der Waals surface area (Å²) in [6, 6.07) is 7.62. The van der Waals surface area contributed by atoms with Gasteiger partial charge in [-0.05, 0) is 36.5 Å². The molecule has 4 nitrogen and oxygen atoms in total. The number of aliphatic hydroxyl groups is 1. The van der Waals surface area contributed by atoms with Crippen LogP contribution in [0.5, 0.6) is 0 Å². The van der Waals surface area contributed by atoms with E-state index in [1.54, 1.807) is 6.92 Å². The van der Waals surface area contributed by atoms with Gasteiger partial charge < -0.3 is 15.7 Å². The first-order chi connectivity index (χ1) is 9.28. The molecule has 0 aromatic heterocycles. The molecule has 1 unspecified atom stereocenters. The molecule has 0 spiro atoms. The van der Waals surface area contributed by atoms with Gasteiger partial charge in [0.15, 0.2) is 0 Å². The van der Waals surface area contributed by atoms with E-state index < -0.39 is 0 Å². The lowest BCUT2D eigenvalue weighted by Crippen LogP contribution is -2.41. The maximum absolute atomic E-state index is 11.7. The van der Waals surface area contributed by atoms with Gasteiger partial charge in [-0.3, -0.25) is 0 Å². The number of benzene rings is 1. The van der Waals surface area contributed by atoms with E-state index in [-0.39, 0.29) is 17.6 Å². The molecule has 0 saturated heterocycles. The number of nitrogens with one attached hydrogen (secondary N) is 2. The van der Waals surface area contributed by atoms with Crippen LogP contribution in [0.25, 0.3) is 0 Å². The highest BCUT2D eigenvalue weighted by Gasteiger charge is 2.20. The Hall–Kier alpha value is -1.07. The average Bonchev–Trinajstić information content (AvgIpc) is 2.34. The third-order valence-corrected chi connectivity index (χ3v) is 3.47. The van der Waals surface area contributed by atoms with E-state index in [1.165, 1.54) is 0 Å². The zero-order valence-electron chi connectivity index (χ0n) is 12.2. The number of rotatable bonds is 6. The summed E-state index contributed by atoms with van der Waals surface area (Å²) in [5.74, 6) is 0. The molecule has 112 valence electrons. The van der Waals surface area contributed by atoms with E-state index in [2.05, 4.69) is 26.6 Å². The van der Waals surface area contributed by atoms with Crippen LogP contribution in [0.15, 0.2) is 28.7 Å². The van der Waals surface area contributed by atoms with Gasteiger partial charge >= 0.3 is 6.03 Å². The number of hydrogen-bond donors (Lipinski definition) is 3. The SMILES string of the molecule is CC(O)CC(C)(C)CNC(=O)NCc1ccc(Br)cc1. The number of amides is 2. The second-order valence-electron chi connectivity index (χ2n) is 5.88. The van der Waals surface area contributed by atoms with Crippen LogP contribution in [0.1, 0.15) is 32.8 Å². The van der Waals surface area contributed by atoms with E-state index in [1.807, 2.05) is 38.1 Å². The van der Waals surface area contributed by atoms with Crippen molar-refractivity contribution in [1.29, 1.82) is 0 Å². The van der Waals surface area contributed by atoms with Crippen molar-refractivity contribution in [2.45, 2.75) is 39.8 Å². The Labute approximate surface area is 129 Å². The number of carbonyl (C=O) groups excluding carboxylic acids is 1. The molecule has 1 aromatic carbocycles. The topological polar surface area (TPSA) is 61.4 Å². The monoisotopic (exact) mass is 342 g/mol. The van der Waals surface area contributed by atoms with Gasteiger partial charge in [0.1, 0.15) is 0 Å². The van der Waals surface area contributed by atoms with Crippen LogP contribution in [0.3, 0.4) is 0 Å². The summed E-state index contributed by atoms with van der Waals surface area (Å²) in [5.41, 5.74) is 0.926. The molecule has 3 N–H and O–H groups in total. The number of aliphatic hydroxyl groups excluding tert-OH is 1. The first-order valence-electron chi connectivity index (χ1n) is 6.73. The molecule has 0 aliphatic rings. The molecular weight excluding hydrogens is 320 g/mol. The number of halogens is 1. The predicted octanol–water partition coefficient (Wildman–Crippen LogP) is 3.05. The lowest BCUT2D eigenvalue weighted by atomic mass is 9.87. The molecule has 1 atom stereocenters. The summed E-state index contributed by atoms with van der Waals surface area (Å²) in [6.07, 6.45) is 0.289. The Kier molecular flexibility index (Phi) is 6.49. The molecule has 2 amide bonds. The van der Waals surface area contributed by atoms with Crippen molar-refractivity contribution in [3.63, 3.8) is 0 Å². The van der Waals surface area contributed by atoms with Crippen molar-refractivity contribution in [3.05, 3.63) is 34.3 Å². The highest BCUT2D eigenvalue weighted by atomic mass is 79.9. The first kappa shape index (κ1) is 17.0. The standard InChI is InChI=1S/C15H23BrN2O2/c1-11(19)8-15(2,3)10-18-14(20)17-9-12-4-6-13(16)7-5-12/h4-7,11,19H,8-10H2,1-3H3,(H2,17,18,20). The van der Waals surface area contributed by atoms with Gasteiger partial charge in [0, 0.05) is 17.6 Å². The molecule has 1 rings (SSSR count). The van der Waals surface area contributed by atoms with Gasteiger partial charge in [-0.2, -0.15) is 0 Å². The predicted molar refractivity (Wildman–Crippen MR) is 84.5 cm³/mol. The fourth-order valence-electron chi connectivity index (χ4n) is 2.04. The van der Waals surface area contributed by atoms with Gasteiger partial charge in [-0.1, -0.05) is 41.9 Å². The fraction of sp³-hybridized carbons (Fsp3) is 0.533. The number of urea groups is 1. The van der Waals surface area contributed by atoms with Crippen molar-refractivity contribution in [2.75, 3.05) is 6.54 Å². The first-order valence-corrected chi connectivity index (χ1v) is 7.52. The molecular formula is C15H23BrN2O2. The zero-order valence-corrected chi connectivity index (χ0v) is 13.8. The van der Waals surface area contributed by atoms with Crippen LogP contribution in [0.4, 0.5) is 4.79 Å². The summed E-state index contributed by atoms with van der Waals surface area (Å²) in [4.78, 5) is 11.7. The van der Waals surface area contributed by atoms with E-state index in [0.717, 1.165) is 10.0 Å². The van der Waals surface area contributed by atoms with E-state index >= 15 is 0 Å². The Morgan fingerprint density at radius 3 is 2.45 bits per heavy atom. The second-order valence-corrected chi connectivity index (χ2v) is 6.80. The van der Waals surface area contributed by atoms with Crippen LogP contribution >= 0.6 is 15.9 Å². The van der Waals surface area contributed by atoms with E-state index in [4.69, 9.17) is 0 Å². The summed E-state index contributed by atoms with van der Waals surface area (Å²) in [6.45, 7) is 6.83. The fourth-order valence-corrected chi connectivity index (χ4v) is 2.30. The molecule has 1 aromatic rings. The summed E-state index contributed by atoms with van der Waals surface area (Å²) in [5, 5.41) is 15.1. The Morgan fingerprint density at radius 2 is 1.90 bits per heavy atom. The lowest BCUT2D eigenvalue weighted by molar-refractivity contribution is 0.129. The maximum atomic E-state index is 11.7. The Bertz CT molecular complexity index is 430. The van der Waals surface area contributed by atoms with Gasteiger partial charge in [0.05, 0.1) is 6.10 Å². The summed E-state index contributed by atoms with van der Waals surface area (Å²) >= 11 is 3.37. The van der Waals surface area contributed by atoms with Gasteiger partial charge in [0.25, 0.3) is 0 Å². The minimum absolute atomic E-state index is 0.122. The number of hydrogen-bond acceptors (Lipinski definition) is 2. The van der Waals surface area contributed by atoms with E-state index in [0.29, 0.717) is 19.5 Å².